The zero-order chi connectivity index (χ0) is 17.4. The van der Waals surface area contributed by atoms with Crippen molar-refractivity contribution in [3.63, 3.8) is 0 Å². The van der Waals surface area contributed by atoms with E-state index in [1.807, 2.05) is 37.5 Å². The van der Waals surface area contributed by atoms with Gasteiger partial charge in [0.2, 0.25) is 0 Å². The molecule has 130 valence electrons. The van der Waals surface area contributed by atoms with Crippen LogP contribution >= 0.6 is 0 Å². The Morgan fingerprint density at radius 1 is 1.28 bits per heavy atom. The van der Waals surface area contributed by atoms with Gasteiger partial charge in [0.05, 0.1) is 6.20 Å². The molecule has 0 amide bonds. The van der Waals surface area contributed by atoms with Gasteiger partial charge < -0.3 is 11.1 Å². The van der Waals surface area contributed by atoms with E-state index in [-0.39, 0.29) is 0 Å². The molecular formula is C19H24N6. The summed E-state index contributed by atoms with van der Waals surface area (Å²) in [7, 11) is 0. The quantitative estimate of drug-likeness (QED) is 0.766. The maximum Gasteiger partial charge on any atom is 0.165 e. The third-order valence-corrected chi connectivity index (χ3v) is 4.99. The van der Waals surface area contributed by atoms with E-state index in [2.05, 4.69) is 22.3 Å². The highest BCUT2D eigenvalue weighted by Crippen LogP contribution is 2.25. The van der Waals surface area contributed by atoms with Crippen molar-refractivity contribution in [1.82, 2.24) is 24.9 Å². The number of fused-ring (bicyclic) bond motifs is 1. The van der Waals surface area contributed by atoms with Crippen LogP contribution in [0.5, 0.6) is 0 Å². The molecule has 2 atom stereocenters. The van der Waals surface area contributed by atoms with Gasteiger partial charge in [-0.3, -0.25) is 4.98 Å². The number of nitrogens with one attached hydrogen (secondary N) is 1. The fraction of sp³-hybridized carbons (Fsp3) is 0.421. The molecule has 0 aliphatic carbocycles. The van der Waals surface area contributed by atoms with Gasteiger partial charge in [0.25, 0.3) is 0 Å². The highest BCUT2D eigenvalue weighted by molar-refractivity contribution is 5.77. The van der Waals surface area contributed by atoms with Crippen LogP contribution in [0.15, 0.2) is 30.6 Å². The van der Waals surface area contributed by atoms with Crippen LogP contribution in [0.3, 0.4) is 0 Å². The van der Waals surface area contributed by atoms with Crippen LogP contribution in [-0.4, -0.2) is 31.7 Å². The number of anilines is 1. The van der Waals surface area contributed by atoms with Gasteiger partial charge in [0.1, 0.15) is 5.82 Å². The highest BCUT2D eigenvalue weighted by Gasteiger charge is 2.20. The van der Waals surface area contributed by atoms with Gasteiger partial charge in [-0.25, -0.2) is 4.98 Å². The maximum absolute atomic E-state index is 6.21. The van der Waals surface area contributed by atoms with Gasteiger partial charge in [-0.05, 0) is 45.6 Å². The van der Waals surface area contributed by atoms with Crippen LogP contribution in [0, 0.1) is 6.92 Å². The maximum atomic E-state index is 6.21. The topological polar surface area (TPSA) is 81.1 Å². The third kappa shape index (κ3) is 3.22. The second kappa shape index (κ2) is 6.44. The monoisotopic (exact) mass is 336 g/mol. The van der Waals surface area contributed by atoms with E-state index in [1.165, 1.54) is 12.8 Å². The zero-order valence-corrected chi connectivity index (χ0v) is 14.7. The molecule has 1 saturated heterocycles. The van der Waals surface area contributed by atoms with Gasteiger partial charge in [-0.2, -0.15) is 9.61 Å². The van der Waals surface area contributed by atoms with E-state index in [4.69, 9.17) is 10.7 Å². The molecule has 6 nitrogen and oxygen atoms in total. The Morgan fingerprint density at radius 2 is 2.16 bits per heavy atom. The van der Waals surface area contributed by atoms with Gasteiger partial charge >= 0.3 is 0 Å². The SMILES string of the molecule is Cc1ccc(-c2cnn3c(N)cc(CC[C@H]4CC[C@@H](C)N4)nc23)cn1. The van der Waals surface area contributed by atoms with E-state index >= 15 is 0 Å². The molecule has 1 aliphatic rings. The average Bonchev–Trinajstić information content (AvgIpc) is 3.20. The summed E-state index contributed by atoms with van der Waals surface area (Å²) in [5, 5.41) is 8.02. The molecule has 0 aromatic carbocycles. The average molecular weight is 336 g/mol. The number of nitrogens with two attached hydrogens (primary N) is 1. The molecular weight excluding hydrogens is 312 g/mol. The standard InChI is InChI=1S/C19H24N6/c1-12-3-5-14(10-21-12)17-11-22-25-18(20)9-16(24-19(17)25)8-7-15-6-4-13(2)23-15/h3,5,9-11,13,15,23H,4,6-8,20H2,1-2H3/t13-,15-/m1/s1. The number of nitrogen functional groups attached to an aromatic ring is 1. The van der Waals surface area contributed by atoms with E-state index in [0.29, 0.717) is 17.9 Å². The summed E-state index contributed by atoms with van der Waals surface area (Å²) in [5.74, 6) is 0.624. The lowest BCUT2D eigenvalue weighted by molar-refractivity contribution is 0.525. The Labute approximate surface area is 147 Å². The number of aryl methyl sites for hydroxylation is 2. The summed E-state index contributed by atoms with van der Waals surface area (Å²) < 4.78 is 1.70. The summed E-state index contributed by atoms with van der Waals surface area (Å²) >= 11 is 0. The molecule has 6 heteroatoms. The number of aromatic nitrogens is 4. The Hall–Kier alpha value is -2.47. The van der Waals surface area contributed by atoms with Crippen LogP contribution < -0.4 is 11.1 Å². The van der Waals surface area contributed by atoms with Crippen molar-refractivity contribution >= 4 is 11.5 Å². The Bertz CT molecular complexity index is 883. The third-order valence-electron chi connectivity index (χ3n) is 4.99. The number of hydrogen-bond acceptors (Lipinski definition) is 5. The normalized spacial score (nSPS) is 20.4. The zero-order valence-electron chi connectivity index (χ0n) is 14.7. The summed E-state index contributed by atoms with van der Waals surface area (Å²) in [6.07, 6.45) is 8.18. The Morgan fingerprint density at radius 3 is 2.88 bits per heavy atom. The largest absolute Gasteiger partial charge is 0.384 e. The lowest BCUT2D eigenvalue weighted by atomic mass is 10.1. The van der Waals surface area contributed by atoms with Crippen molar-refractivity contribution < 1.29 is 0 Å². The second-order valence-corrected chi connectivity index (χ2v) is 7.03. The molecule has 0 radical (unpaired) electrons. The van der Waals surface area contributed by atoms with Crippen molar-refractivity contribution in [2.24, 2.45) is 0 Å². The molecule has 3 aromatic rings. The number of hydrogen-bond donors (Lipinski definition) is 2. The molecule has 4 heterocycles. The molecule has 3 N–H and O–H groups in total. The fourth-order valence-electron chi connectivity index (χ4n) is 3.57. The first-order chi connectivity index (χ1) is 12.1. The minimum absolute atomic E-state index is 0.583. The Balaban J connectivity index is 1.63. The van der Waals surface area contributed by atoms with Crippen LogP contribution in [0.1, 0.15) is 37.6 Å². The van der Waals surface area contributed by atoms with E-state index in [9.17, 15) is 0 Å². The molecule has 4 rings (SSSR count). The minimum atomic E-state index is 0.583. The second-order valence-electron chi connectivity index (χ2n) is 7.03. The highest BCUT2D eigenvalue weighted by atomic mass is 15.3. The summed E-state index contributed by atoms with van der Waals surface area (Å²) in [6.45, 7) is 4.22. The first-order valence-electron chi connectivity index (χ1n) is 8.92. The summed E-state index contributed by atoms with van der Waals surface area (Å²) in [4.78, 5) is 9.22. The van der Waals surface area contributed by atoms with Crippen LogP contribution in [-0.2, 0) is 6.42 Å². The van der Waals surface area contributed by atoms with Crippen molar-refractivity contribution in [3.05, 3.63) is 42.0 Å². The van der Waals surface area contributed by atoms with Crippen LogP contribution in [0.2, 0.25) is 0 Å². The van der Waals surface area contributed by atoms with E-state index in [0.717, 1.165) is 41.0 Å². The molecule has 0 unspecified atom stereocenters. The molecule has 0 saturated carbocycles. The summed E-state index contributed by atoms with van der Waals surface area (Å²) in [5.41, 5.74) is 11.0. The Kier molecular flexibility index (Phi) is 4.13. The van der Waals surface area contributed by atoms with Crippen molar-refractivity contribution in [1.29, 1.82) is 0 Å². The van der Waals surface area contributed by atoms with Gasteiger partial charge in [0.15, 0.2) is 5.65 Å². The molecule has 0 spiro atoms. The number of pyridine rings is 1. The molecule has 3 aromatic heterocycles. The number of nitrogens with zero attached hydrogens (tertiary/aromatic N) is 4. The summed E-state index contributed by atoms with van der Waals surface area (Å²) in [6, 6.07) is 7.20. The predicted octanol–water partition coefficient (Wildman–Crippen LogP) is 2.76. The lowest BCUT2D eigenvalue weighted by Crippen LogP contribution is -2.27. The number of rotatable bonds is 4. The van der Waals surface area contributed by atoms with E-state index < -0.39 is 0 Å². The smallest absolute Gasteiger partial charge is 0.165 e. The first-order valence-corrected chi connectivity index (χ1v) is 8.92. The van der Waals surface area contributed by atoms with Gasteiger partial charge in [-0.15, -0.1) is 0 Å². The fourth-order valence-corrected chi connectivity index (χ4v) is 3.57. The van der Waals surface area contributed by atoms with Crippen LogP contribution in [0.4, 0.5) is 5.82 Å². The van der Waals surface area contributed by atoms with Crippen molar-refractivity contribution in [2.75, 3.05) is 5.73 Å². The van der Waals surface area contributed by atoms with Crippen LogP contribution in [0.25, 0.3) is 16.8 Å². The molecule has 1 fully saturated rings. The van der Waals surface area contributed by atoms with Crippen molar-refractivity contribution in [2.45, 2.75) is 51.6 Å². The molecule has 25 heavy (non-hydrogen) atoms. The van der Waals surface area contributed by atoms with Gasteiger partial charge in [-0.1, -0.05) is 6.07 Å². The van der Waals surface area contributed by atoms with E-state index in [1.54, 1.807) is 4.52 Å². The van der Waals surface area contributed by atoms with Gasteiger partial charge in [0, 0.05) is 46.9 Å². The first kappa shape index (κ1) is 16.0. The molecule has 0 bridgehead atoms. The minimum Gasteiger partial charge on any atom is -0.384 e. The predicted molar refractivity (Wildman–Crippen MR) is 99.3 cm³/mol. The lowest BCUT2D eigenvalue weighted by Gasteiger charge is -2.12. The molecule has 1 aliphatic heterocycles. The van der Waals surface area contributed by atoms with Crippen molar-refractivity contribution in [3.8, 4) is 11.1 Å².